The Morgan fingerprint density at radius 3 is 2.39 bits per heavy atom. The van der Waals surface area contributed by atoms with Crippen LogP contribution in [0.15, 0.2) is 18.2 Å². The van der Waals surface area contributed by atoms with Gasteiger partial charge in [-0.3, -0.25) is 0 Å². The molecule has 0 bridgehead atoms. The van der Waals surface area contributed by atoms with E-state index in [1.54, 1.807) is 6.07 Å². The van der Waals surface area contributed by atoms with Crippen LogP contribution in [-0.4, -0.2) is 56.6 Å². The van der Waals surface area contributed by atoms with Gasteiger partial charge >= 0.3 is 0 Å². The number of likely N-dealkylation sites (tertiary alicyclic amines) is 1. The molecule has 0 atom stereocenters. The molecule has 2 heterocycles. The SMILES string of the molecule is CN(C)Cc1ccc(N2CCC(CN3CCCC3)CC2)c(F)c1. The van der Waals surface area contributed by atoms with Crippen LogP contribution in [0.5, 0.6) is 0 Å². The van der Waals surface area contributed by atoms with E-state index in [1.807, 2.05) is 20.2 Å². The van der Waals surface area contributed by atoms with Crippen LogP contribution < -0.4 is 4.90 Å². The molecule has 2 saturated heterocycles. The Balaban J connectivity index is 1.54. The van der Waals surface area contributed by atoms with Gasteiger partial charge in [0.2, 0.25) is 0 Å². The van der Waals surface area contributed by atoms with Crippen LogP contribution in [0, 0.1) is 11.7 Å². The van der Waals surface area contributed by atoms with Gasteiger partial charge in [0.1, 0.15) is 5.82 Å². The molecule has 0 spiro atoms. The van der Waals surface area contributed by atoms with E-state index in [0.717, 1.165) is 36.8 Å². The van der Waals surface area contributed by atoms with Crippen LogP contribution >= 0.6 is 0 Å². The second-order valence-corrected chi connectivity index (χ2v) is 7.46. The molecule has 0 aromatic heterocycles. The van der Waals surface area contributed by atoms with Gasteiger partial charge < -0.3 is 14.7 Å². The molecule has 128 valence electrons. The summed E-state index contributed by atoms with van der Waals surface area (Å²) in [5.74, 6) is 0.725. The molecule has 23 heavy (non-hydrogen) atoms. The van der Waals surface area contributed by atoms with Gasteiger partial charge in [-0.15, -0.1) is 0 Å². The van der Waals surface area contributed by atoms with Crippen molar-refractivity contribution in [3.63, 3.8) is 0 Å². The lowest BCUT2D eigenvalue weighted by Gasteiger charge is -2.35. The molecule has 2 aliphatic heterocycles. The highest BCUT2D eigenvalue weighted by Crippen LogP contribution is 2.27. The molecule has 0 unspecified atom stereocenters. The Morgan fingerprint density at radius 2 is 1.78 bits per heavy atom. The fourth-order valence-corrected chi connectivity index (χ4v) is 3.96. The molecule has 0 radical (unpaired) electrons. The third-order valence-electron chi connectivity index (χ3n) is 5.18. The summed E-state index contributed by atoms with van der Waals surface area (Å²) in [5, 5.41) is 0. The lowest BCUT2D eigenvalue weighted by atomic mass is 9.95. The highest BCUT2D eigenvalue weighted by Gasteiger charge is 2.24. The Labute approximate surface area is 140 Å². The molecule has 1 aromatic carbocycles. The average Bonchev–Trinajstić information content (AvgIpc) is 3.01. The third kappa shape index (κ3) is 4.45. The summed E-state index contributed by atoms with van der Waals surface area (Å²) in [4.78, 5) is 6.91. The number of hydrogen-bond donors (Lipinski definition) is 0. The fourth-order valence-electron chi connectivity index (χ4n) is 3.96. The van der Waals surface area contributed by atoms with Crippen molar-refractivity contribution >= 4 is 5.69 Å². The minimum absolute atomic E-state index is 0.0673. The molecule has 4 heteroatoms. The topological polar surface area (TPSA) is 9.72 Å². The minimum Gasteiger partial charge on any atom is -0.369 e. The molecule has 2 fully saturated rings. The number of nitrogens with zero attached hydrogens (tertiary/aromatic N) is 3. The van der Waals surface area contributed by atoms with Crippen molar-refractivity contribution in [1.29, 1.82) is 0 Å². The van der Waals surface area contributed by atoms with Crippen molar-refractivity contribution in [1.82, 2.24) is 9.80 Å². The second-order valence-electron chi connectivity index (χ2n) is 7.46. The maximum atomic E-state index is 14.4. The van der Waals surface area contributed by atoms with E-state index in [2.05, 4.69) is 20.8 Å². The molecule has 3 rings (SSSR count). The third-order valence-corrected chi connectivity index (χ3v) is 5.18. The normalized spacial score (nSPS) is 20.6. The first-order valence-electron chi connectivity index (χ1n) is 9.02. The van der Waals surface area contributed by atoms with Gasteiger partial charge in [-0.1, -0.05) is 6.07 Å². The minimum atomic E-state index is -0.0673. The molecule has 2 aliphatic rings. The zero-order valence-electron chi connectivity index (χ0n) is 14.6. The Bertz CT molecular complexity index is 503. The Hall–Kier alpha value is -1.13. The average molecular weight is 319 g/mol. The number of hydrogen-bond acceptors (Lipinski definition) is 3. The van der Waals surface area contributed by atoms with Crippen molar-refractivity contribution in [3.8, 4) is 0 Å². The van der Waals surface area contributed by atoms with Crippen molar-refractivity contribution in [2.45, 2.75) is 32.2 Å². The van der Waals surface area contributed by atoms with Crippen LogP contribution in [0.1, 0.15) is 31.2 Å². The van der Waals surface area contributed by atoms with E-state index in [9.17, 15) is 4.39 Å². The highest BCUT2D eigenvalue weighted by atomic mass is 19.1. The molecule has 0 saturated carbocycles. The monoisotopic (exact) mass is 319 g/mol. The first-order chi connectivity index (χ1) is 11.1. The van der Waals surface area contributed by atoms with E-state index in [-0.39, 0.29) is 5.82 Å². The fraction of sp³-hybridized carbons (Fsp3) is 0.684. The highest BCUT2D eigenvalue weighted by molar-refractivity contribution is 5.49. The summed E-state index contributed by atoms with van der Waals surface area (Å²) in [7, 11) is 4.02. The van der Waals surface area contributed by atoms with Gasteiger partial charge in [0.25, 0.3) is 0 Å². The lowest BCUT2D eigenvalue weighted by Crippen LogP contribution is -2.38. The lowest BCUT2D eigenvalue weighted by molar-refractivity contribution is 0.249. The van der Waals surface area contributed by atoms with Crippen molar-refractivity contribution < 1.29 is 4.39 Å². The summed E-state index contributed by atoms with van der Waals surface area (Å²) < 4.78 is 14.4. The predicted octanol–water partition coefficient (Wildman–Crippen LogP) is 3.20. The van der Waals surface area contributed by atoms with E-state index < -0.39 is 0 Å². The summed E-state index contributed by atoms with van der Waals surface area (Å²) in [6, 6.07) is 5.73. The van der Waals surface area contributed by atoms with Gasteiger partial charge in [0, 0.05) is 26.2 Å². The first-order valence-corrected chi connectivity index (χ1v) is 9.02. The van der Waals surface area contributed by atoms with Crippen molar-refractivity contribution in [2.75, 3.05) is 51.7 Å². The number of benzene rings is 1. The van der Waals surface area contributed by atoms with Crippen LogP contribution in [0.4, 0.5) is 10.1 Å². The van der Waals surface area contributed by atoms with E-state index in [1.165, 1.54) is 45.3 Å². The maximum absolute atomic E-state index is 14.4. The van der Waals surface area contributed by atoms with Crippen LogP contribution in [-0.2, 0) is 6.54 Å². The van der Waals surface area contributed by atoms with Crippen molar-refractivity contribution in [3.05, 3.63) is 29.6 Å². The zero-order valence-corrected chi connectivity index (χ0v) is 14.6. The molecular weight excluding hydrogens is 289 g/mol. The molecule has 0 aliphatic carbocycles. The van der Waals surface area contributed by atoms with E-state index >= 15 is 0 Å². The number of piperidine rings is 1. The van der Waals surface area contributed by atoms with Crippen LogP contribution in [0.25, 0.3) is 0 Å². The van der Waals surface area contributed by atoms with Gasteiger partial charge in [-0.25, -0.2) is 4.39 Å². The predicted molar refractivity (Wildman–Crippen MR) is 94.4 cm³/mol. The number of halogens is 1. The maximum Gasteiger partial charge on any atom is 0.146 e. The second kappa shape index (κ2) is 7.63. The van der Waals surface area contributed by atoms with Crippen LogP contribution in [0.3, 0.4) is 0 Å². The molecule has 3 nitrogen and oxygen atoms in total. The summed E-state index contributed by atoms with van der Waals surface area (Å²) in [5.41, 5.74) is 1.83. The number of anilines is 1. The zero-order chi connectivity index (χ0) is 16.2. The smallest absolute Gasteiger partial charge is 0.146 e. The van der Waals surface area contributed by atoms with Crippen LogP contribution in [0.2, 0.25) is 0 Å². The Kier molecular flexibility index (Phi) is 5.54. The van der Waals surface area contributed by atoms with Gasteiger partial charge in [-0.05, 0) is 76.5 Å². The largest absolute Gasteiger partial charge is 0.369 e. The van der Waals surface area contributed by atoms with Crippen molar-refractivity contribution in [2.24, 2.45) is 5.92 Å². The molecule has 1 aromatic rings. The van der Waals surface area contributed by atoms with Gasteiger partial charge in [0.05, 0.1) is 5.69 Å². The molecular formula is C19H30FN3. The summed E-state index contributed by atoms with van der Waals surface area (Å²) >= 11 is 0. The van der Waals surface area contributed by atoms with E-state index in [4.69, 9.17) is 0 Å². The van der Waals surface area contributed by atoms with E-state index in [0.29, 0.717) is 0 Å². The number of rotatable bonds is 5. The van der Waals surface area contributed by atoms with Gasteiger partial charge in [-0.2, -0.15) is 0 Å². The summed E-state index contributed by atoms with van der Waals surface area (Å²) in [6.07, 6.45) is 5.11. The quantitative estimate of drug-likeness (QED) is 0.825. The summed E-state index contributed by atoms with van der Waals surface area (Å²) in [6.45, 7) is 6.57. The first kappa shape index (κ1) is 16.7. The standard InChI is InChI=1S/C19H30FN3/c1-21(2)14-17-5-6-19(18(20)13-17)23-11-7-16(8-12-23)15-22-9-3-4-10-22/h5-6,13,16H,3-4,7-12,14-15H2,1-2H3. The Morgan fingerprint density at radius 1 is 1.09 bits per heavy atom. The molecule has 0 N–H and O–H groups in total. The molecule has 0 amide bonds. The van der Waals surface area contributed by atoms with Gasteiger partial charge in [0.15, 0.2) is 0 Å².